The number of ether oxygens (including phenoxy) is 1. The highest BCUT2D eigenvalue weighted by molar-refractivity contribution is 7.80. The normalized spacial score (nSPS) is 12.9. The van der Waals surface area contributed by atoms with Crippen LogP contribution < -0.4 is 10.1 Å². The summed E-state index contributed by atoms with van der Waals surface area (Å²) >= 11 is 12.3. The van der Waals surface area contributed by atoms with Crippen molar-refractivity contribution in [3.05, 3.63) is 113 Å². The van der Waals surface area contributed by atoms with Crippen molar-refractivity contribution in [2.45, 2.75) is 39.0 Å². The van der Waals surface area contributed by atoms with Crippen molar-refractivity contribution < 1.29 is 4.74 Å². The number of aryl methyl sites for hydroxylation is 2. The zero-order chi connectivity index (χ0) is 25.2. The van der Waals surface area contributed by atoms with Crippen LogP contribution in [0.4, 0.5) is 0 Å². The topological polar surface area (TPSA) is 43.5 Å². The summed E-state index contributed by atoms with van der Waals surface area (Å²) < 4.78 is 10.5. The minimum atomic E-state index is 0.394. The van der Waals surface area contributed by atoms with Gasteiger partial charge in [0.05, 0.1) is 0 Å². The second-order valence-electron chi connectivity index (χ2n) is 9.24. The second-order valence-corrected chi connectivity index (χ2v) is 10.1. The van der Waals surface area contributed by atoms with Gasteiger partial charge in [-0.1, -0.05) is 84.5 Å². The Bertz CT molecular complexity index is 1540. The van der Waals surface area contributed by atoms with Gasteiger partial charge in [-0.25, -0.2) is 4.52 Å². The maximum Gasteiger partial charge on any atom is 0.169 e. The third-order valence-electron chi connectivity index (χ3n) is 6.82. The summed E-state index contributed by atoms with van der Waals surface area (Å²) in [6.45, 7) is 1.94. The highest BCUT2D eigenvalue weighted by Gasteiger charge is 2.29. The zero-order valence-electron chi connectivity index (χ0n) is 20.4. The maximum absolute atomic E-state index is 6.25. The summed E-state index contributed by atoms with van der Waals surface area (Å²) in [5, 5.41) is 9.29. The van der Waals surface area contributed by atoms with E-state index in [9.17, 15) is 0 Å². The van der Waals surface area contributed by atoms with Gasteiger partial charge in [0.2, 0.25) is 0 Å². The summed E-state index contributed by atoms with van der Waals surface area (Å²) in [7, 11) is 0. The van der Waals surface area contributed by atoms with Crippen LogP contribution in [0.25, 0.3) is 16.8 Å². The molecule has 1 aliphatic heterocycles. The molecule has 0 radical (unpaired) electrons. The molecule has 7 heteroatoms. The van der Waals surface area contributed by atoms with Crippen LogP contribution in [-0.4, -0.2) is 19.2 Å². The molecule has 0 atom stereocenters. The van der Waals surface area contributed by atoms with Crippen LogP contribution in [0.3, 0.4) is 0 Å². The van der Waals surface area contributed by atoms with Gasteiger partial charge in [-0.3, -0.25) is 0 Å². The highest BCUT2D eigenvalue weighted by Crippen LogP contribution is 2.37. The highest BCUT2D eigenvalue weighted by atomic mass is 35.5. The van der Waals surface area contributed by atoms with Crippen LogP contribution >= 0.6 is 23.8 Å². The van der Waals surface area contributed by atoms with Crippen LogP contribution in [0.15, 0.2) is 84.9 Å². The Morgan fingerprint density at radius 2 is 1.68 bits per heavy atom. The monoisotopic (exact) mass is 526 g/mol. The number of halogens is 1. The zero-order valence-corrected chi connectivity index (χ0v) is 21.9. The first-order valence-electron chi connectivity index (χ1n) is 12.6. The molecule has 0 aliphatic carbocycles. The molecule has 0 saturated carbocycles. The summed E-state index contributed by atoms with van der Waals surface area (Å²) in [6.07, 6.45) is 3.16. The van der Waals surface area contributed by atoms with Gasteiger partial charge in [0, 0.05) is 29.2 Å². The second kappa shape index (κ2) is 10.4. The number of thiocarbonyl (C=S) groups is 1. The summed E-state index contributed by atoms with van der Waals surface area (Å²) in [6, 6.07) is 28.2. The van der Waals surface area contributed by atoms with Crippen molar-refractivity contribution in [2.75, 3.05) is 0 Å². The summed E-state index contributed by atoms with van der Waals surface area (Å²) in [5.74, 6) is 1.73. The predicted octanol–water partition coefficient (Wildman–Crippen LogP) is 6.84. The summed E-state index contributed by atoms with van der Waals surface area (Å²) in [4.78, 5) is 0.677. The Morgan fingerprint density at radius 1 is 0.946 bits per heavy atom. The van der Waals surface area contributed by atoms with E-state index in [0.29, 0.717) is 23.2 Å². The van der Waals surface area contributed by atoms with Crippen LogP contribution in [0.5, 0.6) is 5.75 Å². The van der Waals surface area contributed by atoms with Crippen LogP contribution in [0.1, 0.15) is 35.5 Å². The fourth-order valence-electron chi connectivity index (χ4n) is 5.07. The average Bonchev–Trinajstić information content (AvgIpc) is 3.34. The van der Waals surface area contributed by atoms with Crippen molar-refractivity contribution in [3.8, 4) is 16.9 Å². The maximum atomic E-state index is 6.25. The predicted molar refractivity (Wildman–Crippen MR) is 152 cm³/mol. The molecule has 3 heterocycles. The lowest BCUT2D eigenvalue weighted by Crippen LogP contribution is -2.24. The Morgan fingerprint density at radius 3 is 2.43 bits per heavy atom. The molecule has 0 bridgehead atoms. The van der Waals surface area contributed by atoms with E-state index in [4.69, 9.17) is 33.7 Å². The van der Waals surface area contributed by atoms with Crippen LogP contribution in [-0.2, 0) is 26.1 Å². The summed E-state index contributed by atoms with van der Waals surface area (Å²) in [5.41, 5.74) is 6.70. The molecule has 0 amide bonds. The number of aromatic nitrogens is 3. The van der Waals surface area contributed by atoms with Crippen molar-refractivity contribution in [1.29, 1.82) is 0 Å². The van der Waals surface area contributed by atoms with E-state index >= 15 is 0 Å². The molecule has 0 unspecified atom stereocenters. The van der Waals surface area contributed by atoms with Gasteiger partial charge < -0.3 is 14.6 Å². The molecule has 2 aromatic heterocycles. The number of nitrogens with zero attached hydrogens (tertiary/aromatic N) is 3. The first-order valence-corrected chi connectivity index (χ1v) is 13.4. The first-order chi connectivity index (χ1) is 18.2. The molecule has 0 fully saturated rings. The standard InChI is InChI=1S/C30H27ClN4OS/c31-23-16-14-22(15-17-23)27-25-13-7-8-18-34-26(20-36-24-11-5-2-6-12-24)33-35(30(25)34)28(27)29(37)32-19-21-9-3-1-4-10-21/h1-6,9-12,14-17H,7-8,13,18-20H2,(H,32,37). The van der Waals surface area contributed by atoms with Gasteiger partial charge in [0.25, 0.3) is 0 Å². The van der Waals surface area contributed by atoms with E-state index in [0.717, 1.165) is 59.8 Å². The number of para-hydroxylation sites is 1. The van der Waals surface area contributed by atoms with Crippen LogP contribution in [0.2, 0.25) is 5.02 Å². The molecule has 3 aromatic carbocycles. The molecule has 6 rings (SSSR count). The molecule has 5 aromatic rings. The number of benzene rings is 3. The lowest BCUT2D eigenvalue weighted by atomic mass is 9.98. The molecule has 37 heavy (non-hydrogen) atoms. The van der Waals surface area contributed by atoms with Gasteiger partial charge >= 0.3 is 0 Å². The third kappa shape index (κ3) is 4.75. The average molecular weight is 527 g/mol. The van der Waals surface area contributed by atoms with E-state index in [-0.39, 0.29) is 0 Å². The first kappa shape index (κ1) is 23.8. The van der Waals surface area contributed by atoms with Gasteiger partial charge in [-0.2, -0.15) is 0 Å². The van der Waals surface area contributed by atoms with Gasteiger partial charge in [-0.05, 0) is 54.7 Å². The SMILES string of the molecule is S=C(NCc1ccccc1)c1c(-c2ccc(Cl)cc2)c2c3n(c(COc4ccccc4)nn13)CCCC2. The molecule has 1 aliphatic rings. The lowest BCUT2D eigenvalue weighted by molar-refractivity contribution is 0.288. The van der Waals surface area contributed by atoms with E-state index in [2.05, 4.69) is 34.1 Å². The van der Waals surface area contributed by atoms with E-state index in [1.807, 2.05) is 65.2 Å². The fourth-order valence-corrected chi connectivity index (χ4v) is 5.46. The molecular formula is C30H27ClN4OS. The van der Waals surface area contributed by atoms with E-state index in [1.165, 1.54) is 11.1 Å². The molecule has 0 spiro atoms. The number of rotatable bonds is 7. The Hall–Kier alpha value is -3.61. The Labute approximate surface area is 226 Å². The van der Waals surface area contributed by atoms with Crippen LogP contribution in [0, 0.1) is 0 Å². The number of hydrogen-bond acceptors (Lipinski definition) is 3. The minimum Gasteiger partial charge on any atom is -0.486 e. The smallest absolute Gasteiger partial charge is 0.169 e. The number of hydrogen-bond donors (Lipinski definition) is 1. The van der Waals surface area contributed by atoms with Gasteiger partial charge in [0.1, 0.15) is 28.7 Å². The third-order valence-corrected chi connectivity index (χ3v) is 7.41. The van der Waals surface area contributed by atoms with Crippen molar-refractivity contribution in [1.82, 2.24) is 19.5 Å². The van der Waals surface area contributed by atoms with Crippen molar-refractivity contribution in [2.24, 2.45) is 0 Å². The van der Waals surface area contributed by atoms with E-state index in [1.54, 1.807) is 0 Å². The molecule has 5 nitrogen and oxygen atoms in total. The molecule has 1 N–H and O–H groups in total. The van der Waals surface area contributed by atoms with Crippen molar-refractivity contribution >= 4 is 34.5 Å². The Kier molecular flexibility index (Phi) is 6.68. The largest absolute Gasteiger partial charge is 0.486 e. The van der Waals surface area contributed by atoms with Crippen molar-refractivity contribution in [3.63, 3.8) is 0 Å². The minimum absolute atomic E-state index is 0.394. The quantitative estimate of drug-likeness (QED) is 0.236. The van der Waals surface area contributed by atoms with Gasteiger partial charge in [-0.15, -0.1) is 5.10 Å². The molecular weight excluding hydrogens is 500 g/mol. The van der Waals surface area contributed by atoms with E-state index < -0.39 is 0 Å². The lowest BCUT2D eigenvalue weighted by Gasteiger charge is -2.12. The molecule has 0 saturated heterocycles. The fraction of sp³-hybridized carbons (Fsp3) is 0.200. The number of nitrogens with one attached hydrogen (secondary N) is 1. The molecule has 186 valence electrons. The Balaban J connectivity index is 1.46. The van der Waals surface area contributed by atoms with Gasteiger partial charge in [0.15, 0.2) is 5.82 Å².